The Bertz CT molecular complexity index is 198. The quantitative estimate of drug-likeness (QED) is 0.265. The van der Waals surface area contributed by atoms with E-state index in [0.717, 1.165) is 51.6 Å². The van der Waals surface area contributed by atoms with Crippen molar-refractivity contribution in [1.29, 1.82) is 0 Å². The molecule has 0 heterocycles. The van der Waals surface area contributed by atoms with Crippen molar-refractivity contribution in [2.24, 2.45) is 5.84 Å². The van der Waals surface area contributed by atoms with Gasteiger partial charge in [-0.15, -0.1) is 24.7 Å². The van der Waals surface area contributed by atoms with Crippen molar-refractivity contribution in [3.05, 3.63) is 0 Å². The molecular weight excluding hydrogens is 196 g/mol. The Labute approximate surface area is 101 Å². The van der Waals surface area contributed by atoms with Crippen LogP contribution in [0.5, 0.6) is 0 Å². The molecule has 90 valence electrons. The molecule has 0 aliphatic carbocycles. The maximum absolute atomic E-state index is 5.86. The van der Waals surface area contributed by atoms with Gasteiger partial charge in [-0.2, -0.15) is 0 Å². The van der Waals surface area contributed by atoms with E-state index in [0.29, 0.717) is 0 Å². The Hall–Kier alpha value is -0.960. The minimum Gasteiger partial charge on any atom is -0.269 e. The lowest BCUT2D eigenvalue weighted by atomic mass is 10.2. The monoisotopic (exact) mass is 220 g/mol. The number of hydrogen-bond acceptors (Lipinski definition) is 2. The highest BCUT2D eigenvalue weighted by atomic mass is 15.4. The molecule has 2 N–H and O–H groups in total. The van der Waals surface area contributed by atoms with Gasteiger partial charge in [-0.25, -0.2) is 5.01 Å². The number of terminal acetylenes is 2. The number of rotatable bonds is 10. The van der Waals surface area contributed by atoms with Crippen LogP contribution < -0.4 is 5.84 Å². The van der Waals surface area contributed by atoms with Crippen molar-refractivity contribution in [1.82, 2.24) is 5.01 Å². The van der Waals surface area contributed by atoms with Gasteiger partial charge in [0.2, 0.25) is 0 Å². The summed E-state index contributed by atoms with van der Waals surface area (Å²) in [5, 5.41) is 1.91. The van der Waals surface area contributed by atoms with Crippen LogP contribution in [0, 0.1) is 24.7 Å². The van der Waals surface area contributed by atoms with Crippen molar-refractivity contribution < 1.29 is 0 Å². The Morgan fingerprint density at radius 1 is 0.750 bits per heavy atom. The zero-order chi connectivity index (χ0) is 12.1. The first kappa shape index (κ1) is 15.0. The summed E-state index contributed by atoms with van der Waals surface area (Å²) in [6.07, 6.45) is 19.0. The smallest absolute Gasteiger partial charge is 0.0128 e. The second-order valence-electron chi connectivity index (χ2n) is 4.07. The lowest BCUT2D eigenvalue weighted by Gasteiger charge is -2.15. The minimum absolute atomic E-state index is 0.886. The van der Waals surface area contributed by atoms with E-state index in [-0.39, 0.29) is 0 Å². The highest BCUT2D eigenvalue weighted by Gasteiger charge is 1.98. The van der Waals surface area contributed by atoms with Gasteiger partial charge < -0.3 is 0 Å². The second kappa shape index (κ2) is 12.1. The maximum Gasteiger partial charge on any atom is 0.0128 e. The Kier molecular flexibility index (Phi) is 11.4. The van der Waals surface area contributed by atoms with Crippen LogP contribution in [0.1, 0.15) is 51.4 Å². The van der Waals surface area contributed by atoms with Crippen LogP contribution in [-0.2, 0) is 0 Å². The first-order valence-corrected chi connectivity index (χ1v) is 6.18. The molecule has 0 unspecified atom stereocenters. The van der Waals surface area contributed by atoms with Gasteiger partial charge in [0.05, 0.1) is 0 Å². The number of unbranched alkanes of at least 4 members (excludes halogenated alkanes) is 6. The highest BCUT2D eigenvalue weighted by Crippen LogP contribution is 2.02. The Balaban J connectivity index is 3.16. The molecule has 0 aromatic heterocycles. The number of nitrogens with zero attached hydrogens (tertiary/aromatic N) is 1. The molecule has 0 spiro atoms. The number of hydrogen-bond donors (Lipinski definition) is 1. The normalized spacial score (nSPS) is 10.0. The van der Waals surface area contributed by atoms with Crippen LogP contribution in [0.15, 0.2) is 0 Å². The molecule has 0 saturated carbocycles. The third-order valence-electron chi connectivity index (χ3n) is 2.53. The average Bonchev–Trinajstić information content (AvgIpc) is 2.28. The van der Waals surface area contributed by atoms with Crippen LogP contribution in [-0.4, -0.2) is 18.1 Å². The van der Waals surface area contributed by atoms with Crippen LogP contribution in [0.2, 0.25) is 0 Å². The number of nitrogens with two attached hydrogens (primary N) is 1. The molecule has 0 aromatic rings. The van der Waals surface area contributed by atoms with Crippen LogP contribution in [0.4, 0.5) is 0 Å². The van der Waals surface area contributed by atoms with Crippen molar-refractivity contribution in [3.8, 4) is 24.7 Å². The maximum atomic E-state index is 5.86. The summed E-state index contributed by atoms with van der Waals surface area (Å²) >= 11 is 0. The molecule has 0 saturated heterocycles. The fraction of sp³-hybridized carbons (Fsp3) is 0.714. The molecule has 0 fully saturated rings. The molecule has 0 radical (unpaired) electrons. The van der Waals surface area contributed by atoms with E-state index in [2.05, 4.69) is 11.8 Å². The highest BCUT2D eigenvalue weighted by molar-refractivity contribution is 4.83. The van der Waals surface area contributed by atoms with Gasteiger partial charge in [-0.1, -0.05) is 12.8 Å². The van der Waals surface area contributed by atoms with Gasteiger partial charge in [0, 0.05) is 25.9 Å². The van der Waals surface area contributed by atoms with Crippen LogP contribution in [0.25, 0.3) is 0 Å². The minimum atomic E-state index is 0.886. The largest absolute Gasteiger partial charge is 0.269 e. The molecule has 16 heavy (non-hydrogen) atoms. The predicted molar refractivity (Wildman–Crippen MR) is 70.4 cm³/mol. The fourth-order valence-electron chi connectivity index (χ4n) is 1.55. The third kappa shape index (κ3) is 11.1. The fourth-order valence-corrected chi connectivity index (χ4v) is 1.55. The molecule has 0 aromatic carbocycles. The van der Waals surface area contributed by atoms with Gasteiger partial charge in [-0.3, -0.25) is 5.84 Å². The third-order valence-corrected chi connectivity index (χ3v) is 2.53. The van der Waals surface area contributed by atoms with E-state index >= 15 is 0 Å². The Morgan fingerprint density at radius 2 is 1.19 bits per heavy atom. The second-order valence-corrected chi connectivity index (χ2v) is 4.07. The standard InChI is InChI=1S/C14H24N2/c1-3-5-7-9-11-13-16(15)14-12-10-8-6-4-2/h1-2H,5-15H2. The lowest BCUT2D eigenvalue weighted by molar-refractivity contribution is 0.269. The first-order chi connectivity index (χ1) is 7.81. The summed E-state index contributed by atoms with van der Waals surface area (Å²) in [5.74, 6) is 11.2. The molecule has 0 rings (SSSR count). The molecular formula is C14H24N2. The summed E-state index contributed by atoms with van der Waals surface area (Å²) in [6, 6.07) is 0. The predicted octanol–water partition coefficient (Wildman–Crippen LogP) is 2.55. The lowest BCUT2D eigenvalue weighted by Crippen LogP contribution is -2.32. The van der Waals surface area contributed by atoms with Crippen LogP contribution in [0.3, 0.4) is 0 Å². The van der Waals surface area contributed by atoms with E-state index in [1.165, 1.54) is 12.8 Å². The molecule has 2 heteroatoms. The zero-order valence-corrected chi connectivity index (χ0v) is 10.3. The van der Waals surface area contributed by atoms with Crippen molar-refractivity contribution >= 4 is 0 Å². The van der Waals surface area contributed by atoms with Crippen molar-refractivity contribution in [3.63, 3.8) is 0 Å². The molecule has 0 aliphatic heterocycles. The van der Waals surface area contributed by atoms with Crippen molar-refractivity contribution in [2.45, 2.75) is 51.4 Å². The molecule has 0 bridgehead atoms. The summed E-state index contributed by atoms with van der Waals surface area (Å²) in [6.45, 7) is 1.94. The van der Waals surface area contributed by atoms with Gasteiger partial charge in [0.15, 0.2) is 0 Å². The summed E-state index contributed by atoms with van der Waals surface area (Å²) in [4.78, 5) is 0. The molecule has 2 nitrogen and oxygen atoms in total. The van der Waals surface area contributed by atoms with Gasteiger partial charge in [-0.05, 0) is 25.7 Å². The molecule has 0 atom stereocenters. The van der Waals surface area contributed by atoms with E-state index in [1.807, 2.05) is 5.01 Å². The SMILES string of the molecule is C#CCCCCCN(N)CCCCCC#C. The molecule has 0 amide bonds. The van der Waals surface area contributed by atoms with Crippen LogP contribution >= 0.6 is 0 Å². The first-order valence-electron chi connectivity index (χ1n) is 6.18. The topological polar surface area (TPSA) is 29.3 Å². The summed E-state index contributed by atoms with van der Waals surface area (Å²) in [7, 11) is 0. The van der Waals surface area contributed by atoms with E-state index < -0.39 is 0 Å². The summed E-state index contributed by atoms with van der Waals surface area (Å²) < 4.78 is 0. The van der Waals surface area contributed by atoms with Gasteiger partial charge >= 0.3 is 0 Å². The van der Waals surface area contributed by atoms with E-state index in [4.69, 9.17) is 18.7 Å². The van der Waals surface area contributed by atoms with E-state index in [9.17, 15) is 0 Å². The Morgan fingerprint density at radius 3 is 1.56 bits per heavy atom. The summed E-state index contributed by atoms with van der Waals surface area (Å²) in [5.41, 5.74) is 0. The van der Waals surface area contributed by atoms with Gasteiger partial charge in [0.1, 0.15) is 0 Å². The van der Waals surface area contributed by atoms with Gasteiger partial charge in [0.25, 0.3) is 0 Å². The number of hydrazine groups is 1. The van der Waals surface area contributed by atoms with Crippen molar-refractivity contribution in [2.75, 3.05) is 13.1 Å². The zero-order valence-electron chi connectivity index (χ0n) is 10.3. The molecule has 0 aliphatic rings. The average molecular weight is 220 g/mol. The van der Waals surface area contributed by atoms with E-state index in [1.54, 1.807) is 0 Å².